The summed E-state index contributed by atoms with van der Waals surface area (Å²) in [7, 11) is 0. The summed E-state index contributed by atoms with van der Waals surface area (Å²) in [5.74, 6) is 1.83. The molecule has 1 saturated heterocycles. The van der Waals surface area contributed by atoms with Crippen LogP contribution in [0.25, 0.3) is 0 Å². The number of rotatable bonds is 2. The number of hydrogen-bond acceptors (Lipinski definition) is 2. The zero-order valence-corrected chi connectivity index (χ0v) is 9.51. The van der Waals surface area contributed by atoms with E-state index in [2.05, 4.69) is 17.5 Å². The standard InChI is InChI=1S/C11H19NOS/c13-11(6-8-14)12-7-5-9-3-1-2-4-10(9)12/h9-10,14H,1-8H2/t9-,10-/m0/s1. The lowest BCUT2D eigenvalue weighted by atomic mass is 9.85. The SMILES string of the molecule is O=C(CCS)N1CC[C@@H]2CCCC[C@@H]21. The molecule has 1 amide bonds. The Morgan fingerprint density at radius 3 is 2.86 bits per heavy atom. The van der Waals surface area contributed by atoms with Crippen molar-refractivity contribution in [1.82, 2.24) is 4.90 Å². The van der Waals surface area contributed by atoms with Gasteiger partial charge in [0.15, 0.2) is 0 Å². The molecule has 80 valence electrons. The van der Waals surface area contributed by atoms with E-state index in [0.717, 1.165) is 12.5 Å². The molecule has 0 bridgehead atoms. The van der Waals surface area contributed by atoms with Crippen molar-refractivity contribution in [2.75, 3.05) is 12.3 Å². The molecule has 2 nitrogen and oxygen atoms in total. The molecule has 2 atom stereocenters. The number of carbonyl (C=O) groups excluding carboxylic acids is 1. The molecule has 2 aliphatic rings. The molecule has 2 fully saturated rings. The van der Waals surface area contributed by atoms with E-state index in [9.17, 15) is 4.79 Å². The highest BCUT2D eigenvalue weighted by Gasteiger charge is 2.37. The lowest BCUT2D eigenvalue weighted by Gasteiger charge is -2.31. The highest BCUT2D eigenvalue weighted by atomic mass is 32.1. The first-order valence-corrected chi connectivity index (χ1v) is 6.36. The van der Waals surface area contributed by atoms with Crippen LogP contribution >= 0.6 is 12.6 Å². The summed E-state index contributed by atoms with van der Waals surface area (Å²) in [5, 5.41) is 0. The van der Waals surface area contributed by atoms with Gasteiger partial charge in [-0.1, -0.05) is 12.8 Å². The minimum atomic E-state index is 0.328. The van der Waals surface area contributed by atoms with Crippen molar-refractivity contribution in [1.29, 1.82) is 0 Å². The fourth-order valence-corrected chi connectivity index (χ4v) is 3.15. The summed E-state index contributed by atoms with van der Waals surface area (Å²) in [5.41, 5.74) is 0. The Morgan fingerprint density at radius 2 is 2.07 bits per heavy atom. The van der Waals surface area contributed by atoms with Crippen LogP contribution in [0.4, 0.5) is 0 Å². The lowest BCUT2D eigenvalue weighted by molar-refractivity contribution is -0.132. The Hall–Kier alpha value is -0.180. The number of likely N-dealkylation sites (tertiary alicyclic amines) is 1. The zero-order chi connectivity index (χ0) is 9.97. The second-order valence-electron chi connectivity index (χ2n) is 4.46. The monoisotopic (exact) mass is 213 g/mol. The van der Waals surface area contributed by atoms with E-state index >= 15 is 0 Å². The van der Waals surface area contributed by atoms with Crippen LogP contribution in [0.3, 0.4) is 0 Å². The minimum Gasteiger partial charge on any atom is -0.339 e. The maximum Gasteiger partial charge on any atom is 0.223 e. The van der Waals surface area contributed by atoms with Gasteiger partial charge in [0.25, 0.3) is 0 Å². The molecule has 1 aliphatic carbocycles. The van der Waals surface area contributed by atoms with Gasteiger partial charge in [-0.2, -0.15) is 12.6 Å². The van der Waals surface area contributed by atoms with Gasteiger partial charge < -0.3 is 4.90 Å². The van der Waals surface area contributed by atoms with Crippen molar-refractivity contribution in [3.63, 3.8) is 0 Å². The van der Waals surface area contributed by atoms with Crippen LogP contribution in [0.1, 0.15) is 38.5 Å². The molecule has 0 unspecified atom stereocenters. The van der Waals surface area contributed by atoms with E-state index in [0.29, 0.717) is 24.1 Å². The highest BCUT2D eigenvalue weighted by molar-refractivity contribution is 7.80. The molecular weight excluding hydrogens is 194 g/mol. The van der Waals surface area contributed by atoms with Crippen LogP contribution in [0.15, 0.2) is 0 Å². The third-order valence-electron chi connectivity index (χ3n) is 3.66. The molecule has 1 saturated carbocycles. The Morgan fingerprint density at radius 1 is 1.29 bits per heavy atom. The number of hydrogen-bond donors (Lipinski definition) is 1. The van der Waals surface area contributed by atoms with Gasteiger partial charge in [-0.15, -0.1) is 0 Å². The van der Waals surface area contributed by atoms with Gasteiger partial charge in [-0.3, -0.25) is 4.79 Å². The average molecular weight is 213 g/mol. The van der Waals surface area contributed by atoms with Crippen molar-refractivity contribution in [3.8, 4) is 0 Å². The second kappa shape index (κ2) is 4.56. The molecule has 2 rings (SSSR count). The van der Waals surface area contributed by atoms with Crippen molar-refractivity contribution in [2.24, 2.45) is 5.92 Å². The third-order valence-corrected chi connectivity index (χ3v) is 3.88. The Labute approximate surface area is 91.5 Å². The Bertz CT molecular complexity index is 219. The van der Waals surface area contributed by atoms with Crippen molar-refractivity contribution in [3.05, 3.63) is 0 Å². The molecule has 0 aromatic rings. The van der Waals surface area contributed by atoms with Gasteiger partial charge in [0.05, 0.1) is 0 Å². The van der Waals surface area contributed by atoms with Gasteiger partial charge in [-0.25, -0.2) is 0 Å². The molecule has 1 aliphatic heterocycles. The molecular formula is C11H19NOS. The summed E-state index contributed by atoms with van der Waals surface area (Å²) in [6.45, 7) is 1.00. The van der Waals surface area contributed by atoms with E-state index in [1.165, 1.54) is 32.1 Å². The fourth-order valence-electron chi connectivity index (χ4n) is 2.95. The van der Waals surface area contributed by atoms with Crippen molar-refractivity contribution in [2.45, 2.75) is 44.6 Å². The van der Waals surface area contributed by atoms with Crippen LogP contribution in [-0.4, -0.2) is 29.1 Å². The molecule has 0 aromatic carbocycles. The Kier molecular flexibility index (Phi) is 3.37. The predicted molar refractivity (Wildman–Crippen MR) is 60.5 cm³/mol. The topological polar surface area (TPSA) is 20.3 Å². The summed E-state index contributed by atoms with van der Waals surface area (Å²) < 4.78 is 0. The van der Waals surface area contributed by atoms with Crippen LogP contribution in [0, 0.1) is 5.92 Å². The number of fused-ring (bicyclic) bond motifs is 1. The first kappa shape index (κ1) is 10.3. The second-order valence-corrected chi connectivity index (χ2v) is 4.91. The van der Waals surface area contributed by atoms with Gasteiger partial charge in [0, 0.05) is 19.0 Å². The van der Waals surface area contributed by atoms with Crippen LogP contribution in [-0.2, 0) is 4.79 Å². The molecule has 3 heteroatoms. The molecule has 14 heavy (non-hydrogen) atoms. The number of thiol groups is 1. The van der Waals surface area contributed by atoms with Crippen LogP contribution < -0.4 is 0 Å². The maximum absolute atomic E-state index is 11.8. The van der Waals surface area contributed by atoms with E-state index in [1.807, 2.05) is 0 Å². The average Bonchev–Trinajstić information content (AvgIpc) is 2.61. The first-order valence-electron chi connectivity index (χ1n) is 5.73. The van der Waals surface area contributed by atoms with Gasteiger partial charge in [0.2, 0.25) is 5.91 Å². The smallest absolute Gasteiger partial charge is 0.223 e. The molecule has 0 spiro atoms. The van der Waals surface area contributed by atoms with Gasteiger partial charge >= 0.3 is 0 Å². The van der Waals surface area contributed by atoms with Crippen molar-refractivity contribution < 1.29 is 4.79 Å². The fraction of sp³-hybridized carbons (Fsp3) is 0.909. The minimum absolute atomic E-state index is 0.328. The number of nitrogens with zero attached hydrogens (tertiary/aromatic N) is 1. The largest absolute Gasteiger partial charge is 0.339 e. The predicted octanol–water partition coefficient (Wildman–Crippen LogP) is 2.10. The summed E-state index contributed by atoms with van der Waals surface area (Å²) in [4.78, 5) is 13.9. The maximum atomic E-state index is 11.8. The van der Waals surface area contributed by atoms with Crippen molar-refractivity contribution >= 4 is 18.5 Å². The number of carbonyl (C=O) groups is 1. The van der Waals surface area contributed by atoms with Gasteiger partial charge in [-0.05, 0) is 30.9 Å². The molecule has 1 heterocycles. The molecule has 0 aromatic heterocycles. The van der Waals surface area contributed by atoms with Crippen LogP contribution in [0.5, 0.6) is 0 Å². The quantitative estimate of drug-likeness (QED) is 0.697. The molecule has 0 N–H and O–H groups in total. The third kappa shape index (κ3) is 1.92. The van der Waals surface area contributed by atoms with Gasteiger partial charge in [0.1, 0.15) is 0 Å². The van der Waals surface area contributed by atoms with E-state index in [-0.39, 0.29) is 0 Å². The normalized spacial score (nSPS) is 31.6. The summed E-state index contributed by atoms with van der Waals surface area (Å²) in [6.07, 6.45) is 7.12. The lowest BCUT2D eigenvalue weighted by Crippen LogP contribution is -2.39. The first-order chi connectivity index (χ1) is 6.83. The van der Waals surface area contributed by atoms with E-state index in [4.69, 9.17) is 0 Å². The Balaban J connectivity index is 1.96. The summed E-state index contributed by atoms with van der Waals surface area (Å²) in [6, 6.07) is 0.580. The van der Waals surface area contributed by atoms with E-state index in [1.54, 1.807) is 0 Å². The van der Waals surface area contributed by atoms with Crippen LogP contribution in [0.2, 0.25) is 0 Å². The zero-order valence-electron chi connectivity index (χ0n) is 8.61. The molecule has 0 radical (unpaired) electrons. The highest BCUT2D eigenvalue weighted by Crippen LogP contribution is 2.36. The number of amides is 1. The summed E-state index contributed by atoms with van der Waals surface area (Å²) >= 11 is 4.12. The van der Waals surface area contributed by atoms with E-state index < -0.39 is 0 Å².